The minimum Gasteiger partial charge on any atom is -0.304 e. The average molecular weight is 205 g/mol. The monoisotopic (exact) mass is 205 g/mol. The molecule has 0 aliphatic carbocycles. The molecule has 0 unspecified atom stereocenters. The van der Waals surface area contributed by atoms with Crippen molar-refractivity contribution < 1.29 is 8.42 Å². The Labute approximate surface area is 76.7 Å². The van der Waals surface area contributed by atoms with Crippen molar-refractivity contribution in [1.29, 1.82) is 0 Å². The van der Waals surface area contributed by atoms with Gasteiger partial charge < -0.3 is 4.90 Å². The molecule has 1 heterocycles. The molecule has 0 amide bonds. The SMILES string of the molecule is CN1CCN(S(=O)(=O)N=[N+]=[N-])CC1. The van der Waals surface area contributed by atoms with Gasteiger partial charge in [-0.2, -0.15) is 4.31 Å². The van der Waals surface area contributed by atoms with E-state index in [0.717, 1.165) is 0 Å². The number of rotatable bonds is 2. The van der Waals surface area contributed by atoms with Gasteiger partial charge in [0, 0.05) is 35.6 Å². The third-order valence-corrected chi connectivity index (χ3v) is 3.23. The summed E-state index contributed by atoms with van der Waals surface area (Å²) >= 11 is 0. The molecule has 1 saturated heterocycles. The second-order valence-corrected chi connectivity index (χ2v) is 4.43. The van der Waals surface area contributed by atoms with Crippen LogP contribution in [0, 0.1) is 0 Å². The minimum atomic E-state index is -3.74. The van der Waals surface area contributed by atoms with Crippen molar-refractivity contribution in [2.24, 2.45) is 4.52 Å². The van der Waals surface area contributed by atoms with Crippen molar-refractivity contribution >= 4 is 10.2 Å². The molecular weight excluding hydrogens is 194 g/mol. The summed E-state index contributed by atoms with van der Waals surface area (Å²) in [6.07, 6.45) is 0. The quantitative estimate of drug-likeness (QED) is 0.355. The van der Waals surface area contributed by atoms with Gasteiger partial charge in [-0.3, -0.25) is 0 Å². The average Bonchev–Trinajstić information content (AvgIpc) is 2.05. The van der Waals surface area contributed by atoms with Crippen LogP contribution in [-0.4, -0.2) is 50.8 Å². The second-order valence-electron chi connectivity index (χ2n) is 2.85. The van der Waals surface area contributed by atoms with E-state index in [9.17, 15) is 8.42 Å². The van der Waals surface area contributed by atoms with Crippen molar-refractivity contribution in [3.63, 3.8) is 0 Å². The first-order chi connectivity index (χ1) is 6.06. The van der Waals surface area contributed by atoms with E-state index >= 15 is 0 Å². The van der Waals surface area contributed by atoms with Crippen LogP contribution in [0.2, 0.25) is 0 Å². The lowest BCUT2D eigenvalue weighted by Crippen LogP contribution is -2.46. The number of hydrogen-bond donors (Lipinski definition) is 0. The maximum Gasteiger partial charge on any atom is 0.302 e. The summed E-state index contributed by atoms with van der Waals surface area (Å²) in [7, 11) is -1.83. The van der Waals surface area contributed by atoms with Crippen molar-refractivity contribution in [3.05, 3.63) is 10.4 Å². The third-order valence-electron chi connectivity index (χ3n) is 1.93. The van der Waals surface area contributed by atoms with Gasteiger partial charge in [0.25, 0.3) is 0 Å². The maximum atomic E-state index is 11.2. The topological polar surface area (TPSA) is 89.4 Å². The highest BCUT2D eigenvalue weighted by Gasteiger charge is 2.24. The predicted octanol–water partition coefficient (Wildman–Crippen LogP) is -0.211. The second kappa shape index (κ2) is 3.93. The molecule has 7 nitrogen and oxygen atoms in total. The fourth-order valence-corrected chi connectivity index (χ4v) is 1.94. The van der Waals surface area contributed by atoms with Gasteiger partial charge in [-0.1, -0.05) is 0 Å². The molecule has 0 radical (unpaired) electrons. The van der Waals surface area contributed by atoms with Gasteiger partial charge in [-0.05, 0) is 12.6 Å². The van der Waals surface area contributed by atoms with E-state index < -0.39 is 10.2 Å². The van der Waals surface area contributed by atoms with Gasteiger partial charge in [0.05, 0.1) is 0 Å². The molecule has 13 heavy (non-hydrogen) atoms. The Morgan fingerprint density at radius 3 is 2.31 bits per heavy atom. The molecule has 0 spiro atoms. The number of piperazine rings is 1. The molecule has 0 bridgehead atoms. The van der Waals surface area contributed by atoms with Crippen molar-refractivity contribution in [2.75, 3.05) is 33.2 Å². The molecule has 0 aromatic carbocycles. The van der Waals surface area contributed by atoms with E-state index in [1.165, 1.54) is 4.31 Å². The summed E-state index contributed by atoms with van der Waals surface area (Å²) in [6.45, 7) is 2.11. The maximum absolute atomic E-state index is 11.2. The van der Waals surface area contributed by atoms with Gasteiger partial charge in [-0.15, -0.1) is 0 Å². The van der Waals surface area contributed by atoms with E-state index in [-0.39, 0.29) is 0 Å². The lowest BCUT2D eigenvalue weighted by molar-refractivity contribution is 0.222. The van der Waals surface area contributed by atoms with Crippen molar-refractivity contribution in [2.45, 2.75) is 0 Å². The van der Waals surface area contributed by atoms with Crippen LogP contribution >= 0.6 is 0 Å². The summed E-state index contributed by atoms with van der Waals surface area (Å²) in [5.41, 5.74) is 8.03. The molecule has 0 atom stereocenters. The molecular formula is C5H11N5O2S. The Morgan fingerprint density at radius 2 is 1.85 bits per heavy atom. The summed E-state index contributed by atoms with van der Waals surface area (Å²) in [4.78, 5) is 4.30. The number of likely N-dealkylation sites (N-methyl/N-ethyl adjacent to an activating group) is 1. The molecule has 1 aliphatic rings. The molecule has 1 aliphatic heterocycles. The summed E-state index contributed by atoms with van der Waals surface area (Å²) in [6, 6.07) is 0. The minimum absolute atomic E-state index is 0.387. The van der Waals surface area contributed by atoms with E-state index in [0.29, 0.717) is 26.2 Å². The van der Waals surface area contributed by atoms with Crippen LogP contribution in [0.4, 0.5) is 0 Å². The number of nitrogens with zero attached hydrogens (tertiary/aromatic N) is 5. The Bertz CT molecular complexity index is 312. The van der Waals surface area contributed by atoms with Gasteiger partial charge in [0.1, 0.15) is 0 Å². The smallest absolute Gasteiger partial charge is 0.302 e. The van der Waals surface area contributed by atoms with Crippen LogP contribution in [0.3, 0.4) is 0 Å². The first kappa shape index (κ1) is 10.3. The van der Waals surface area contributed by atoms with Crippen LogP contribution in [-0.2, 0) is 10.2 Å². The van der Waals surface area contributed by atoms with E-state index in [2.05, 4.69) is 9.43 Å². The van der Waals surface area contributed by atoms with Crippen LogP contribution in [0.25, 0.3) is 10.4 Å². The van der Waals surface area contributed by atoms with E-state index in [4.69, 9.17) is 5.53 Å². The molecule has 0 aromatic rings. The lowest BCUT2D eigenvalue weighted by atomic mass is 10.4. The van der Waals surface area contributed by atoms with Gasteiger partial charge in [-0.25, -0.2) is 8.42 Å². The number of azide groups is 1. The van der Waals surface area contributed by atoms with E-state index in [1.807, 2.05) is 11.9 Å². The standard InChI is InChI=1S/C5H11N5O2S/c1-9-2-4-10(5-3-9)13(11,12)8-7-6/h2-5H2,1H3. The largest absolute Gasteiger partial charge is 0.304 e. The highest BCUT2D eigenvalue weighted by atomic mass is 32.2. The summed E-state index contributed by atoms with van der Waals surface area (Å²) in [5.74, 6) is 0. The van der Waals surface area contributed by atoms with Crippen molar-refractivity contribution in [1.82, 2.24) is 9.21 Å². The van der Waals surface area contributed by atoms with Crippen molar-refractivity contribution in [3.8, 4) is 0 Å². The Morgan fingerprint density at radius 1 is 1.31 bits per heavy atom. The number of hydrogen-bond acceptors (Lipinski definition) is 3. The van der Waals surface area contributed by atoms with Gasteiger partial charge in [0.15, 0.2) is 0 Å². The predicted molar refractivity (Wildman–Crippen MR) is 47.1 cm³/mol. The first-order valence-electron chi connectivity index (χ1n) is 3.81. The van der Waals surface area contributed by atoms with Crippen LogP contribution in [0.1, 0.15) is 0 Å². The summed E-state index contributed by atoms with van der Waals surface area (Å²) in [5, 5.41) is 0. The van der Waals surface area contributed by atoms with Crippen LogP contribution < -0.4 is 0 Å². The normalized spacial score (nSPS) is 21.0. The first-order valence-corrected chi connectivity index (χ1v) is 5.21. The Balaban J connectivity index is 2.69. The van der Waals surface area contributed by atoms with E-state index in [1.54, 1.807) is 0 Å². The van der Waals surface area contributed by atoms with Crippen LogP contribution in [0.5, 0.6) is 0 Å². The van der Waals surface area contributed by atoms with Gasteiger partial charge >= 0.3 is 10.2 Å². The molecule has 74 valence electrons. The zero-order valence-electron chi connectivity index (χ0n) is 7.29. The zero-order valence-corrected chi connectivity index (χ0v) is 8.11. The van der Waals surface area contributed by atoms with Crippen LogP contribution in [0.15, 0.2) is 4.52 Å². The summed E-state index contributed by atoms with van der Waals surface area (Å²) < 4.78 is 26.3. The molecule has 1 rings (SSSR count). The highest BCUT2D eigenvalue weighted by Crippen LogP contribution is 2.07. The Kier molecular flexibility index (Phi) is 3.10. The fraction of sp³-hybridized carbons (Fsp3) is 1.00. The zero-order chi connectivity index (χ0) is 9.90. The fourth-order valence-electron chi connectivity index (χ4n) is 1.12. The van der Waals surface area contributed by atoms with Gasteiger partial charge in [0.2, 0.25) is 0 Å². The third kappa shape index (κ3) is 2.56. The molecule has 1 fully saturated rings. The lowest BCUT2D eigenvalue weighted by Gasteiger charge is -2.29. The Hall–Kier alpha value is -0.820. The molecule has 0 aromatic heterocycles. The molecule has 8 heteroatoms. The molecule has 0 N–H and O–H groups in total. The molecule has 0 saturated carbocycles. The highest BCUT2D eigenvalue weighted by molar-refractivity contribution is 7.87.